The molecule has 0 saturated heterocycles. The molecule has 3 rings (SSSR count). The Morgan fingerprint density at radius 2 is 2.12 bits per heavy atom. The molecular formula is C18H21FN6O. The van der Waals surface area contributed by atoms with Gasteiger partial charge >= 0.3 is 6.03 Å². The van der Waals surface area contributed by atoms with Crippen LogP contribution < -0.4 is 10.6 Å². The van der Waals surface area contributed by atoms with Gasteiger partial charge < -0.3 is 15.2 Å². The van der Waals surface area contributed by atoms with Crippen LogP contribution in [0.3, 0.4) is 0 Å². The Kier molecular flexibility index (Phi) is 5.31. The zero-order valence-corrected chi connectivity index (χ0v) is 14.7. The van der Waals surface area contributed by atoms with Gasteiger partial charge in [-0.25, -0.2) is 18.9 Å². The molecule has 0 bridgehead atoms. The quantitative estimate of drug-likeness (QED) is 0.667. The number of benzene rings is 1. The molecule has 2 N–H and O–H groups in total. The van der Waals surface area contributed by atoms with E-state index in [1.165, 1.54) is 6.07 Å². The third-order valence-corrected chi connectivity index (χ3v) is 3.88. The summed E-state index contributed by atoms with van der Waals surface area (Å²) in [6.45, 7) is 5.00. The molecule has 2 aromatic heterocycles. The van der Waals surface area contributed by atoms with Crippen molar-refractivity contribution in [1.29, 1.82) is 0 Å². The normalized spacial score (nSPS) is 10.7. The maximum Gasteiger partial charge on any atom is 0.319 e. The minimum Gasteiger partial charge on any atom is -0.338 e. The van der Waals surface area contributed by atoms with Crippen molar-refractivity contribution in [3.63, 3.8) is 0 Å². The lowest BCUT2D eigenvalue weighted by Gasteiger charge is -2.10. The molecular weight excluding hydrogens is 335 g/mol. The van der Waals surface area contributed by atoms with Gasteiger partial charge in [-0.2, -0.15) is 5.10 Å². The van der Waals surface area contributed by atoms with Crippen molar-refractivity contribution < 1.29 is 9.18 Å². The smallest absolute Gasteiger partial charge is 0.319 e. The number of halogens is 1. The Hall–Kier alpha value is -3.16. The van der Waals surface area contributed by atoms with E-state index in [2.05, 4.69) is 20.7 Å². The first-order valence-electron chi connectivity index (χ1n) is 8.37. The van der Waals surface area contributed by atoms with Crippen molar-refractivity contribution in [2.75, 3.05) is 11.9 Å². The van der Waals surface area contributed by atoms with Gasteiger partial charge in [0.2, 0.25) is 0 Å². The number of hydrogen-bond acceptors (Lipinski definition) is 3. The fraction of sp³-hybridized carbons (Fsp3) is 0.278. The van der Waals surface area contributed by atoms with E-state index in [0.717, 1.165) is 24.4 Å². The molecule has 0 radical (unpaired) electrons. The summed E-state index contributed by atoms with van der Waals surface area (Å²) >= 11 is 0. The monoisotopic (exact) mass is 356 g/mol. The fourth-order valence-electron chi connectivity index (χ4n) is 2.69. The van der Waals surface area contributed by atoms with E-state index >= 15 is 0 Å². The predicted octanol–water partition coefficient (Wildman–Crippen LogP) is 3.04. The van der Waals surface area contributed by atoms with Crippen molar-refractivity contribution in [3.05, 3.63) is 60.2 Å². The Morgan fingerprint density at radius 3 is 2.77 bits per heavy atom. The van der Waals surface area contributed by atoms with Crippen molar-refractivity contribution in [2.45, 2.75) is 26.8 Å². The second kappa shape index (κ2) is 7.81. The molecule has 0 unspecified atom stereocenters. The van der Waals surface area contributed by atoms with Crippen LogP contribution in [0.2, 0.25) is 0 Å². The van der Waals surface area contributed by atoms with Gasteiger partial charge in [-0.15, -0.1) is 0 Å². The lowest BCUT2D eigenvalue weighted by Crippen LogP contribution is -2.30. The van der Waals surface area contributed by atoms with E-state index in [1.807, 2.05) is 30.7 Å². The van der Waals surface area contributed by atoms with Gasteiger partial charge in [0.25, 0.3) is 0 Å². The molecule has 136 valence electrons. The maximum atomic E-state index is 14.4. The second-order valence-electron chi connectivity index (χ2n) is 6.04. The van der Waals surface area contributed by atoms with E-state index in [0.29, 0.717) is 17.9 Å². The summed E-state index contributed by atoms with van der Waals surface area (Å²) < 4.78 is 17.9. The lowest BCUT2D eigenvalue weighted by molar-refractivity contribution is 0.252. The number of rotatable bonds is 6. The van der Waals surface area contributed by atoms with E-state index in [-0.39, 0.29) is 6.03 Å². The minimum atomic E-state index is -0.450. The van der Waals surface area contributed by atoms with E-state index in [9.17, 15) is 9.18 Å². The third kappa shape index (κ3) is 4.27. The molecule has 1 aromatic carbocycles. The van der Waals surface area contributed by atoms with Crippen molar-refractivity contribution in [3.8, 4) is 5.69 Å². The molecule has 7 nitrogen and oxygen atoms in total. The van der Waals surface area contributed by atoms with Crippen LogP contribution in [-0.4, -0.2) is 31.9 Å². The zero-order valence-electron chi connectivity index (χ0n) is 14.7. The highest BCUT2D eigenvalue weighted by Crippen LogP contribution is 2.19. The summed E-state index contributed by atoms with van der Waals surface area (Å²) in [5.41, 5.74) is 2.40. The van der Waals surface area contributed by atoms with Gasteiger partial charge in [-0.05, 0) is 44.5 Å². The lowest BCUT2D eigenvalue weighted by atomic mass is 10.2. The molecule has 0 spiro atoms. The summed E-state index contributed by atoms with van der Waals surface area (Å²) in [4.78, 5) is 15.9. The number of aryl methyl sites for hydroxylation is 3. The van der Waals surface area contributed by atoms with Crippen LogP contribution in [0.5, 0.6) is 0 Å². The Labute approximate surface area is 150 Å². The molecule has 0 atom stereocenters. The van der Waals surface area contributed by atoms with E-state index < -0.39 is 5.82 Å². The van der Waals surface area contributed by atoms with Gasteiger partial charge in [-0.3, -0.25) is 0 Å². The number of urea groups is 1. The molecule has 0 fully saturated rings. The summed E-state index contributed by atoms with van der Waals surface area (Å²) in [5.74, 6) is -0.450. The molecule has 2 heterocycles. The van der Waals surface area contributed by atoms with E-state index in [1.54, 1.807) is 29.3 Å². The van der Waals surface area contributed by atoms with Crippen LogP contribution in [-0.2, 0) is 6.54 Å². The van der Waals surface area contributed by atoms with Crippen LogP contribution in [0.4, 0.5) is 14.9 Å². The molecule has 0 aliphatic carbocycles. The Morgan fingerprint density at radius 1 is 1.27 bits per heavy atom. The number of hydrogen-bond donors (Lipinski definition) is 2. The molecule has 0 aliphatic heterocycles. The summed E-state index contributed by atoms with van der Waals surface area (Å²) in [6.07, 6.45) is 6.08. The van der Waals surface area contributed by atoms with E-state index in [4.69, 9.17) is 0 Å². The van der Waals surface area contributed by atoms with Crippen molar-refractivity contribution >= 4 is 11.7 Å². The number of carbonyl (C=O) groups excluding carboxylic acids is 1. The highest BCUT2D eigenvalue weighted by Gasteiger charge is 2.11. The maximum absolute atomic E-state index is 14.4. The van der Waals surface area contributed by atoms with Gasteiger partial charge in [0.15, 0.2) is 5.82 Å². The summed E-state index contributed by atoms with van der Waals surface area (Å²) in [7, 11) is 0. The van der Waals surface area contributed by atoms with Crippen molar-refractivity contribution in [2.24, 2.45) is 0 Å². The minimum absolute atomic E-state index is 0.349. The predicted molar refractivity (Wildman–Crippen MR) is 96.9 cm³/mol. The van der Waals surface area contributed by atoms with Crippen LogP contribution >= 0.6 is 0 Å². The SMILES string of the molecule is Cc1cc(C)n(-c2ccc(NC(=O)NCCCn3ccnc3)cc2F)n1. The topological polar surface area (TPSA) is 76.8 Å². The Balaban J connectivity index is 1.54. The third-order valence-electron chi connectivity index (χ3n) is 3.88. The first kappa shape index (κ1) is 17.7. The number of aromatic nitrogens is 4. The number of imidazole rings is 1. The zero-order chi connectivity index (χ0) is 18.5. The van der Waals surface area contributed by atoms with Crippen LogP contribution in [0.1, 0.15) is 17.8 Å². The average molecular weight is 356 g/mol. The average Bonchev–Trinajstić information content (AvgIpc) is 3.21. The number of anilines is 1. The van der Waals surface area contributed by atoms with Gasteiger partial charge in [0.05, 0.1) is 12.0 Å². The number of nitrogens with one attached hydrogen (secondary N) is 2. The standard InChI is InChI=1S/C18H21FN6O/c1-13-10-14(2)25(23-13)17-5-4-15(11-16(17)19)22-18(26)21-6-3-8-24-9-7-20-12-24/h4-5,7,9-12H,3,6,8H2,1-2H3,(H2,21,22,26). The molecule has 2 amide bonds. The molecule has 26 heavy (non-hydrogen) atoms. The van der Waals surface area contributed by atoms with Gasteiger partial charge in [-0.1, -0.05) is 0 Å². The summed E-state index contributed by atoms with van der Waals surface area (Å²) in [6, 6.07) is 6.05. The molecule has 0 aliphatic rings. The summed E-state index contributed by atoms with van der Waals surface area (Å²) in [5, 5.41) is 9.66. The largest absolute Gasteiger partial charge is 0.338 e. The Bertz CT molecular complexity index is 887. The fourth-order valence-corrected chi connectivity index (χ4v) is 2.69. The van der Waals surface area contributed by atoms with Crippen LogP contribution in [0.15, 0.2) is 43.0 Å². The number of carbonyl (C=O) groups is 1. The highest BCUT2D eigenvalue weighted by molar-refractivity contribution is 5.89. The highest BCUT2D eigenvalue weighted by atomic mass is 19.1. The van der Waals surface area contributed by atoms with Crippen LogP contribution in [0.25, 0.3) is 5.69 Å². The first-order valence-corrected chi connectivity index (χ1v) is 8.37. The molecule has 8 heteroatoms. The van der Waals surface area contributed by atoms with Crippen LogP contribution in [0, 0.1) is 19.7 Å². The van der Waals surface area contributed by atoms with Gasteiger partial charge in [0.1, 0.15) is 5.69 Å². The number of amides is 2. The van der Waals surface area contributed by atoms with Gasteiger partial charge in [0, 0.05) is 36.9 Å². The molecule has 0 saturated carbocycles. The second-order valence-corrected chi connectivity index (χ2v) is 6.04. The molecule has 3 aromatic rings. The van der Waals surface area contributed by atoms with Crippen molar-refractivity contribution in [1.82, 2.24) is 24.6 Å². The number of nitrogens with zero attached hydrogens (tertiary/aromatic N) is 4. The first-order chi connectivity index (χ1) is 12.5.